The fourth-order valence-electron chi connectivity index (χ4n) is 2.49. The first-order valence-electron chi connectivity index (χ1n) is 8.25. The van der Waals surface area contributed by atoms with Crippen LogP contribution in [0.5, 0.6) is 0 Å². The summed E-state index contributed by atoms with van der Waals surface area (Å²) >= 11 is 1.58. The van der Waals surface area contributed by atoms with Gasteiger partial charge in [0.1, 0.15) is 6.04 Å². The third kappa shape index (κ3) is 7.28. The van der Waals surface area contributed by atoms with Gasteiger partial charge in [-0.3, -0.25) is 4.79 Å². The summed E-state index contributed by atoms with van der Waals surface area (Å²) in [5, 5.41) is 6.08. The van der Waals surface area contributed by atoms with Crippen LogP contribution in [0, 0.1) is 0 Å². The summed E-state index contributed by atoms with van der Waals surface area (Å²) in [6.45, 7) is 2.17. The number of hydrogen-bond donors (Lipinski definition) is 3. The molecule has 0 saturated carbocycles. The maximum atomic E-state index is 12.5. The molecular weight excluding hydrogens is 394 g/mol. The molecule has 0 spiro atoms. The molecule has 1 aromatic rings. The molecule has 0 aliphatic carbocycles. The number of benzene rings is 1. The van der Waals surface area contributed by atoms with Gasteiger partial charge in [-0.15, -0.1) is 12.4 Å². The molecule has 1 unspecified atom stereocenters. The van der Waals surface area contributed by atoms with Gasteiger partial charge in [0.2, 0.25) is 15.9 Å². The monoisotopic (exact) mass is 419 g/mol. The zero-order chi connectivity index (χ0) is 18.1. The molecule has 3 N–H and O–H groups in total. The number of sulfonamides is 1. The molecule has 1 heterocycles. The van der Waals surface area contributed by atoms with Crippen molar-refractivity contribution in [2.45, 2.75) is 23.8 Å². The Morgan fingerprint density at radius 1 is 1.31 bits per heavy atom. The van der Waals surface area contributed by atoms with Crippen LogP contribution in [-0.2, 0) is 14.8 Å². The molecule has 146 valence electrons. The van der Waals surface area contributed by atoms with Crippen LogP contribution in [0.25, 0.3) is 0 Å². The molecular formula is C17H26ClN3O3S2. The summed E-state index contributed by atoms with van der Waals surface area (Å²) in [7, 11) is -3.72. The Bertz CT molecular complexity index is 696. The molecule has 1 aliphatic heterocycles. The quantitative estimate of drug-likeness (QED) is 0.528. The van der Waals surface area contributed by atoms with Gasteiger partial charge in [0.05, 0.1) is 4.90 Å². The maximum absolute atomic E-state index is 12.5. The second-order valence-electron chi connectivity index (χ2n) is 5.80. The molecule has 6 nitrogen and oxygen atoms in total. The van der Waals surface area contributed by atoms with Gasteiger partial charge in [0.25, 0.3) is 0 Å². The largest absolute Gasteiger partial charge is 0.351 e. The first-order chi connectivity index (χ1) is 12.0. The summed E-state index contributed by atoms with van der Waals surface area (Å²) in [4.78, 5) is 12.7. The van der Waals surface area contributed by atoms with Crippen LogP contribution in [0.2, 0.25) is 0 Å². The maximum Gasteiger partial charge on any atom is 0.241 e. The predicted octanol–water partition coefficient (Wildman–Crippen LogP) is 1.54. The molecule has 2 rings (SSSR count). The number of halogens is 1. The van der Waals surface area contributed by atoms with E-state index in [-0.39, 0.29) is 23.2 Å². The zero-order valence-electron chi connectivity index (χ0n) is 14.7. The number of hydrogen-bond acceptors (Lipinski definition) is 5. The first kappa shape index (κ1) is 23.0. The van der Waals surface area contributed by atoms with Crippen LogP contribution < -0.4 is 15.4 Å². The summed E-state index contributed by atoms with van der Waals surface area (Å²) in [5.41, 5.74) is 1.17. The van der Waals surface area contributed by atoms with Crippen molar-refractivity contribution < 1.29 is 13.2 Å². The van der Waals surface area contributed by atoms with Crippen LogP contribution in [0.3, 0.4) is 0 Å². The van der Waals surface area contributed by atoms with Crippen molar-refractivity contribution in [3.8, 4) is 0 Å². The molecule has 0 radical (unpaired) electrons. The van der Waals surface area contributed by atoms with Crippen molar-refractivity contribution in [2.24, 2.45) is 0 Å². The molecule has 0 aromatic heterocycles. The Hall–Kier alpha value is -1.06. The van der Waals surface area contributed by atoms with E-state index in [2.05, 4.69) is 21.4 Å². The summed E-state index contributed by atoms with van der Waals surface area (Å²) < 4.78 is 27.5. The second-order valence-corrected chi connectivity index (χ2v) is 8.50. The van der Waals surface area contributed by atoms with Crippen molar-refractivity contribution in [2.75, 3.05) is 31.6 Å². The van der Waals surface area contributed by atoms with Crippen molar-refractivity contribution in [1.29, 1.82) is 0 Å². The molecule has 0 saturated heterocycles. The minimum Gasteiger partial charge on any atom is -0.351 e. The number of nitrogens with one attached hydrogen (secondary N) is 3. The van der Waals surface area contributed by atoms with Gasteiger partial charge < -0.3 is 10.6 Å². The summed E-state index contributed by atoms with van der Waals surface area (Å²) in [6, 6.07) is 7.34. The lowest BCUT2D eigenvalue weighted by Gasteiger charge is -2.20. The van der Waals surface area contributed by atoms with E-state index in [1.54, 1.807) is 30.0 Å². The Kier molecular flexibility index (Phi) is 10.3. The molecule has 0 bridgehead atoms. The number of carbonyl (C=O) groups excluding carboxylic acids is 1. The average Bonchev–Trinajstić information content (AvgIpc) is 2.64. The number of rotatable bonds is 9. The van der Waals surface area contributed by atoms with Crippen LogP contribution >= 0.6 is 24.2 Å². The normalized spacial score (nSPS) is 15.5. The highest BCUT2D eigenvalue weighted by Crippen LogP contribution is 2.11. The molecule has 1 atom stereocenters. The van der Waals surface area contributed by atoms with E-state index in [1.807, 2.05) is 6.26 Å². The highest BCUT2D eigenvalue weighted by atomic mass is 35.5. The third-order valence-electron chi connectivity index (χ3n) is 3.93. The van der Waals surface area contributed by atoms with Gasteiger partial charge in [-0.1, -0.05) is 29.8 Å². The van der Waals surface area contributed by atoms with Gasteiger partial charge >= 0.3 is 0 Å². The second kappa shape index (κ2) is 11.6. The topological polar surface area (TPSA) is 87.3 Å². The third-order valence-corrected chi connectivity index (χ3v) is 6.06. The fourth-order valence-corrected chi connectivity index (χ4v) is 4.21. The Labute approximate surface area is 166 Å². The summed E-state index contributed by atoms with van der Waals surface area (Å²) in [6.07, 6.45) is 5.33. The fraction of sp³-hybridized carbons (Fsp3) is 0.471. The minimum atomic E-state index is -3.72. The van der Waals surface area contributed by atoms with E-state index in [4.69, 9.17) is 0 Å². The highest BCUT2D eigenvalue weighted by molar-refractivity contribution is 7.98. The highest BCUT2D eigenvalue weighted by Gasteiger charge is 2.25. The molecule has 9 heteroatoms. The van der Waals surface area contributed by atoms with E-state index in [0.717, 1.165) is 19.5 Å². The van der Waals surface area contributed by atoms with Gasteiger partial charge in [-0.2, -0.15) is 16.5 Å². The lowest BCUT2D eigenvalue weighted by Crippen LogP contribution is -2.47. The van der Waals surface area contributed by atoms with Gasteiger partial charge in [0, 0.05) is 13.1 Å². The number of carbonyl (C=O) groups is 1. The van der Waals surface area contributed by atoms with Crippen LogP contribution in [-0.4, -0.2) is 52.0 Å². The SMILES string of the molecule is CSCCC(NS(=O)(=O)c1ccccc1)C(=O)NCC1=CCNCC1.Cl. The zero-order valence-corrected chi connectivity index (χ0v) is 17.2. The van der Waals surface area contributed by atoms with Crippen LogP contribution in [0.15, 0.2) is 46.9 Å². The van der Waals surface area contributed by atoms with Crippen molar-refractivity contribution >= 4 is 40.1 Å². The van der Waals surface area contributed by atoms with Crippen molar-refractivity contribution in [3.05, 3.63) is 42.0 Å². The number of thioether (sulfide) groups is 1. The predicted molar refractivity (Wildman–Crippen MR) is 109 cm³/mol. The van der Waals surface area contributed by atoms with E-state index in [9.17, 15) is 13.2 Å². The van der Waals surface area contributed by atoms with Gasteiger partial charge in [-0.25, -0.2) is 8.42 Å². The average molecular weight is 420 g/mol. The first-order valence-corrected chi connectivity index (χ1v) is 11.1. The Balaban J connectivity index is 0.00000338. The van der Waals surface area contributed by atoms with E-state index < -0.39 is 16.1 Å². The standard InChI is InChI=1S/C17H25N3O3S2.ClH/c1-24-12-9-16(17(21)19-13-14-7-10-18-11-8-14)20-25(22,23)15-5-3-2-4-6-15;/h2-7,16,18,20H,8-13H2,1H3,(H,19,21);1H. The minimum absolute atomic E-state index is 0. The Morgan fingerprint density at radius 3 is 2.65 bits per heavy atom. The Morgan fingerprint density at radius 2 is 2.04 bits per heavy atom. The molecule has 1 amide bonds. The molecule has 1 aliphatic rings. The van der Waals surface area contributed by atoms with Gasteiger partial charge in [-0.05, 0) is 43.5 Å². The number of amides is 1. The van der Waals surface area contributed by atoms with E-state index in [1.165, 1.54) is 17.7 Å². The molecule has 26 heavy (non-hydrogen) atoms. The molecule has 0 fully saturated rings. The van der Waals surface area contributed by atoms with Crippen LogP contribution in [0.4, 0.5) is 0 Å². The lowest BCUT2D eigenvalue weighted by atomic mass is 10.1. The van der Waals surface area contributed by atoms with Gasteiger partial charge in [0.15, 0.2) is 0 Å². The summed E-state index contributed by atoms with van der Waals surface area (Å²) in [5.74, 6) is 0.412. The van der Waals surface area contributed by atoms with E-state index >= 15 is 0 Å². The molecule has 1 aromatic carbocycles. The lowest BCUT2D eigenvalue weighted by molar-refractivity contribution is -0.122. The van der Waals surface area contributed by atoms with Crippen LogP contribution in [0.1, 0.15) is 12.8 Å². The van der Waals surface area contributed by atoms with Crippen molar-refractivity contribution in [3.63, 3.8) is 0 Å². The van der Waals surface area contributed by atoms with E-state index in [0.29, 0.717) is 18.7 Å². The smallest absolute Gasteiger partial charge is 0.241 e. The van der Waals surface area contributed by atoms with Crippen molar-refractivity contribution in [1.82, 2.24) is 15.4 Å².